The second kappa shape index (κ2) is 9.40. The molecule has 0 aliphatic carbocycles. The third kappa shape index (κ3) is 6.17. The molecule has 144 valence electrons. The minimum absolute atomic E-state index is 0.0278. The van der Waals surface area contributed by atoms with Crippen LogP contribution in [-0.2, 0) is 29.3 Å². The van der Waals surface area contributed by atoms with Crippen LogP contribution in [0.2, 0.25) is 0 Å². The summed E-state index contributed by atoms with van der Waals surface area (Å²) in [6, 6.07) is 1.82. The number of hydrogen-bond donors (Lipinski definition) is 0. The van der Waals surface area contributed by atoms with Crippen LogP contribution in [0.1, 0.15) is 50.8 Å². The maximum atomic E-state index is 13.0. The van der Waals surface area contributed by atoms with Crippen molar-refractivity contribution in [2.75, 3.05) is 19.8 Å². The zero-order valence-corrected chi connectivity index (χ0v) is 15.2. The smallest absolute Gasteiger partial charge is 0.449 e. The van der Waals surface area contributed by atoms with Crippen molar-refractivity contribution >= 4 is 13.6 Å². The summed E-state index contributed by atoms with van der Waals surface area (Å²) in [5.74, 6) is -1.99. The number of esters is 1. The Morgan fingerprint density at radius 1 is 1.16 bits per heavy atom. The molecule has 0 saturated heterocycles. The average Bonchev–Trinajstić information content (AvgIpc) is 2.98. The van der Waals surface area contributed by atoms with Crippen molar-refractivity contribution in [3.8, 4) is 0 Å². The van der Waals surface area contributed by atoms with Crippen LogP contribution in [0, 0.1) is 0 Å². The molecule has 10 heteroatoms. The molecule has 0 aliphatic heterocycles. The summed E-state index contributed by atoms with van der Waals surface area (Å²) in [5, 5.41) is 0. The van der Waals surface area contributed by atoms with E-state index >= 15 is 0 Å². The van der Waals surface area contributed by atoms with Gasteiger partial charge in [-0.15, -0.1) is 0 Å². The van der Waals surface area contributed by atoms with Crippen molar-refractivity contribution in [1.82, 2.24) is 0 Å². The summed E-state index contributed by atoms with van der Waals surface area (Å²) in [6.45, 7) is 5.01. The zero-order valence-electron chi connectivity index (χ0n) is 14.3. The van der Waals surface area contributed by atoms with Crippen molar-refractivity contribution in [2.24, 2.45) is 0 Å². The van der Waals surface area contributed by atoms with Gasteiger partial charge in [-0.05, 0) is 39.3 Å². The number of rotatable bonds is 10. The third-order valence-corrected chi connectivity index (χ3v) is 5.67. The van der Waals surface area contributed by atoms with Crippen LogP contribution in [0.5, 0.6) is 0 Å². The molecule has 25 heavy (non-hydrogen) atoms. The third-order valence-electron chi connectivity index (χ3n) is 3.16. The van der Waals surface area contributed by atoms with Gasteiger partial charge in [-0.2, -0.15) is 13.2 Å². The lowest BCUT2D eigenvalue weighted by Crippen LogP contribution is -2.11. The lowest BCUT2D eigenvalue weighted by molar-refractivity contribution is -0.153. The monoisotopic (exact) mass is 386 g/mol. The Morgan fingerprint density at radius 2 is 1.76 bits per heavy atom. The van der Waals surface area contributed by atoms with Gasteiger partial charge >= 0.3 is 19.7 Å². The summed E-state index contributed by atoms with van der Waals surface area (Å²) in [5.41, 5.74) is -1.15. The molecule has 0 radical (unpaired) electrons. The maximum Gasteiger partial charge on any atom is 0.449 e. The normalized spacial score (nSPS) is 13.7. The maximum absolute atomic E-state index is 13.0. The van der Waals surface area contributed by atoms with E-state index in [9.17, 15) is 22.5 Å². The highest BCUT2D eigenvalue weighted by Gasteiger charge is 2.42. The minimum atomic E-state index is -4.68. The average molecular weight is 386 g/mol. The molecule has 1 atom stereocenters. The fourth-order valence-corrected chi connectivity index (χ4v) is 4.26. The van der Waals surface area contributed by atoms with Crippen LogP contribution in [0.25, 0.3) is 0 Å². The van der Waals surface area contributed by atoms with Crippen molar-refractivity contribution in [2.45, 2.75) is 45.4 Å². The van der Waals surface area contributed by atoms with Gasteiger partial charge in [0.05, 0.1) is 19.8 Å². The summed E-state index contributed by atoms with van der Waals surface area (Å²) in [7, 11) is -3.83. The highest BCUT2D eigenvalue weighted by molar-refractivity contribution is 7.54. The molecule has 0 spiro atoms. The number of halogens is 3. The molecule has 0 aromatic carbocycles. The Morgan fingerprint density at radius 3 is 2.20 bits per heavy atom. The van der Waals surface area contributed by atoms with Crippen LogP contribution >= 0.6 is 7.60 Å². The Hall–Kier alpha value is -1.31. The number of alkyl halides is 3. The van der Waals surface area contributed by atoms with Crippen LogP contribution in [0.15, 0.2) is 16.5 Å². The van der Waals surface area contributed by atoms with Gasteiger partial charge in [0.25, 0.3) is 0 Å². The molecule has 1 rings (SSSR count). The van der Waals surface area contributed by atoms with Crippen molar-refractivity contribution in [3.63, 3.8) is 0 Å². The van der Waals surface area contributed by atoms with Gasteiger partial charge in [0.15, 0.2) is 0 Å². The quantitative estimate of drug-likeness (QED) is 0.418. The molecule has 0 aliphatic rings. The highest BCUT2D eigenvalue weighted by atomic mass is 31.2. The van der Waals surface area contributed by atoms with E-state index in [0.29, 0.717) is 0 Å². The van der Waals surface area contributed by atoms with Gasteiger partial charge < -0.3 is 18.2 Å². The number of furan rings is 1. The second-order valence-corrected chi connectivity index (χ2v) is 7.15. The fraction of sp³-hybridized carbons (Fsp3) is 0.667. The van der Waals surface area contributed by atoms with Crippen LogP contribution < -0.4 is 0 Å². The summed E-state index contributed by atoms with van der Waals surface area (Å²) >= 11 is 0. The van der Waals surface area contributed by atoms with Gasteiger partial charge in [0.1, 0.15) is 11.4 Å². The summed E-state index contributed by atoms with van der Waals surface area (Å²) in [6.07, 6.45) is -4.93. The molecular formula is C15H22F3O6P. The molecule has 0 N–H and O–H groups in total. The highest BCUT2D eigenvalue weighted by Crippen LogP contribution is 2.63. The lowest BCUT2D eigenvalue weighted by atomic mass is 10.2. The summed E-state index contributed by atoms with van der Waals surface area (Å²) in [4.78, 5) is 11.6. The first-order valence-corrected chi connectivity index (χ1v) is 9.50. The minimum Gasteiger partial charge on any atom is -0.466 e. The fourth-order valence-electron chi connectivity index (χ4n) is 2.21. The van der Waals surface area contributed by atoms with E-state index in [0.717, 1.165) is 12.1 Å². The molecule has 0 saturated carbocycles. The molecule has 1 aromatic rings. The molecule has 1 unspecified atom stereocenters. The first-order valence-electron chi connectivity index (χ1n) is 7.89. The SMILES string of the molecule is CCOC(=O)CCC(c1ccc(C(F)(F)F)o1)P(=O)(OCC)OCC. The summed E-state index contributed by atoms with van der Waals surface area (Å²) < 4.78 is 71.4. The van der Waals surface area contributed by atoms with E-state index in [1.807, 2.05) is 0 Å². The molecule has 1 heterocycles. The molecular weight excluding hydrogens is 364 g/mol. The number of ether oxygens (including phenoxy) is 1. The van der Waals surface area contributed by atoms with E-state index in [1.54, 1.807) is 20.8 Å². The number of hydrogen-bond acceptors (Lipinski definition) is 6. The van der Waals surface area contributed by atoms with E-state index < -0.39 is 31.2 Å². The van der Waals surface area contributed by atoms with Gasteiger partial charge in [-0.1, -0.05) is 0 Å². The predicted molar refractivity (Wildman–Crippen MR) is 83.2 cm³/mol. The van der Waals surface area contributed by atoms with Crippen molar-refractivity contribution in [1.29, 1.82) is 0 Å². The first-order chi connectivity index (χ1) is 11.7. The molecule has 0 amide bonds. The van der Waals surface area contributed by atoms with Gasteiger partial charge in [0.2, 0.25) is 5.76 Å². The zero-order chi connectivity index (χ0) is 19.1. The molecule has 0 bridgehead atoms. The molecule has 6 nitrogen and oxygen atoms in total. The second-order valence-electron chi connectivity index (χ2n) is 4.93. The van der Waals surface area contributed by atoms with E-state index in [1.165, 1.54) is 0 Å². The Kier molecular flexibility index (Phi) is 8.18. The number of carbonyl (C=O) groups excluding carboxylic acids is 1. The largest absolute Gasteiger partial charge is 0.466 e. The van der Waals surface area contributed by atoms with E-state index in [2.05, 4.69) is 0 Å². The Labute approximate surface area is 144 Å². The topological polar surface area (TPSA) is 75.0 Å². The van der Waals surface area contributed by atoms with Crippen LogP contribution in [-0.4, -0.2) is 25.8 Å². The standard InChI is InChI=1S/C15H22F3O6P/c1-4-21-14(19)10-8-12(25(20,22-5-2)23-6-3)11-7-9-13(24-11)15(16,17)18/h7,9,12H,4-6,8,10H2,1-3H3. The van der Waals surface area contributed by atoms with E-state index in [4.69, 9.17) is 18.2 Å². The first kappa shape index (κ1) is 21.7. The van der Waals surface area contributed by atoms with Crippen molar-refractivity contribution < 1.29 is 40.7 Å². The van der Waals surface area contributed by atoms with E-state index in [-0.39, 0.29) is 38.4 Å². The van der Waals surface area contributed by atoms with Crippen LogP contribution in [0.3, 0.4) is 0 Å². The number of carbonyl (C=O) groups is 1. The lowest BCUT2D eigenvalue weighted by Gasteiger charge is -2.24. The van der Waals surface area contributed by atoms with Gasteiger partial charge in [0, 0.05) is 6.42 Å². The van der Waals surface area contributed by atoms with Crippen LogP contribution in [0.4, 0.5) is 13.2 Å². The van der Waals surface area contributed by atoms with Gasteiger partial charge in [-0.25, -0.2) is 0 Å². The molecule has 0 fully saturated rings. The van der Waals surface area contributed by atoms with Crippen molar-refractivity contribution in [3.05, 3.63) is 23.7 Å². The van der Waals surface area contributed by atoms with Gasteiger partial charge in [-0.3, -0.25) is 9.36 Å². The molecule has 1 aromatic heterocycles. The predicted octanol–water partition coefficient (Wildman–Crippen LogP) is 4.95. The Balaban J connectivity index is 3.15. The Bertz CT molecular complexity index is 588.